The Morgan fingerprint density at radius 1 is 1.37 bits per heavy atom. The highest BCUT2D eigenvalue weighted by Gasteiger charge is 2.07. The van der Waals surface area contributed by atoms with Crippen LogP contribution < -0.4 is 5.56 Å². The molecule has 3 rings (SSSR count). The van der Waals surface area contributed by atoms with Crippen molar-refractivity contribution >= 4 is 11.0 Å². The van der Waals surface area contributed by atoms with Gasteiger partial charge in [0.05, 0.1) is 18.4 Å². The van der Waals surface area contributed by atoms with Gasteiger partial charge in [-0.05, 0) is 36.2 Å². The molecule has 3 aromatic rings. The summed E-state index contributed by atoms with van der Waals surface area (Å²) in [7, 11) is 0. The quantitative estimate of drug-likeness (QED) is 0.765. The molecule has 96 valence electrons. The molecule has 0 spiro atoms. The third kappa shape index (κ3) is 2.03. The van der Waals surface area contributed by atoms with Crippen LogP contribution in [0.4, 0.5) is 4.39 Å². The van der Waals surface area contributed by atoms with E-state index in [1.165, 1.54) is 23.0 Å². The molecule has 1 aromatic carbocycles. The molecule has 0 aliphatic heterocycles. The molecule has 1 N–H and O–H groups in total. The van der Waals surface area contributed by atoms with Crippen LogP contribution in [0.3, 0.4) is 0 Å². The van der Waals surface area contributed by atoms with Crippen molar-refractivity contribution in [3.8, 4) is 0 Å². The number of hydrogen-bond donors (Lipinski definition) is 1. The first-order valence-corrected chi connectivity index (χ1v) is 5.93. The Bertz CT molecular complexity index is 804. The van der Waals surface area contributed by atoms with Gasteiger partial charge in [-0.15, -0.1) is 0 Å². The van der Waals surface area contributed by atoms with Gasteiger partial charge in [0.1, 0.15) is 11.3 Å². The second kappa shape index (κ2) is 4.35. The fourth-order valence-corrected chi connectivity index (χ4v) is 2.07. The summed E-state index contributed by atoms with van der Waals surface area (Å²) in [5, 5.41) is 0. The van der Waals surface area contributed by atoms with E-state index in [9.17, 15) is 9.18 Å². The number of nitrogens with one attached hydrogen (secondary N) is 1. The minimum absolute atomic E-state index is 0.154. The fourth-order valence-electron chi connectivity index (χ4n) is 2.07. The molecular weight excluding hydrogens is 245 g/mol. The summed E-state index contributed by atoms with van der Waals surface area (Å²) in [5.41, 5.74) is 2.67. The van der Waals surface area contributed by atoms with Gasteiger partial charge in [0.2, 0.25) is 0 Å². The Hall–Kier alpha value is -2.43. The van der Waals surface area contributed by atoms with Gasteiger partial charge in [-0.2, -0.15) is 0 Å². The van der Waals surface area contributed by atoms with Crippen LogP contribution in [-0.2, 0) is 6.54 Å². The minimum atomic E-state index is -0.303. The number of H-pyrrole nitrogens is 1. The Morgan fingerprint density at radius 2 is 2.21 bits per heavy atom. The molecular formula is C14H12FN3O. The Balaban J connectivity index is 2.08. The van der Waals surface area contributed by atoms with E-state index >= 15 is 0 Å². The summed E-state index contributed by atoms with van der Waals surface area (Å²) in [6, 6.07) is 6.31. The molecule has 19 heavy (non-hydrogen) atoms. The predicted molar refractivity (Wildman–Crippen MR) is 70.6 cm³/mol. The van der Waals surface area contributed by atoms with Crippen LogP contribution in [0.5, 0.6) is 0 Å². The van der Waals surface area contributed by atoms with E-state index in [0.717, 1.165) is 11.1 Å². The van der Waals surface area contributed by atoms with Crippen molar-refractivity contribution in [2.45, 2.75) is 13.5 Å². The van der Waals surface area contributed by atoms with Gasteiger partial charge in [-0.1, -0.05) is 6.07 Å². The first-order valence-electron chi connectivity index (χ1n) is 5.93. The first-order chi connectivity index (χ1) is 9.15. The van der Waals surface area contributed by atoms with Crippen molar-refractivity contribution in [2.75, 3.05) is 0 Å². The van der Waals surface area contributed by atoms with Crippen molar-refractivity contribution < 1.29 is 4.39 Å². The molecule has 0 aliphatic carbocycles. The highest BCUT2D eigenvalue weighted by molar-refractivity contribution is 5.73. The van der Waals surface area contributed by atoms with Crippen LogP contribution in [0.25, 0.3) is 11.0 Å². The summed E-state index contributed by atoms with van der Waals surface area (Å²) >= 11 is 0. The number of aryl methyl sites for hydroxylation is 1. The summed E-state index contributed by atoms with van der Waals surface area (Å²) in [6.45, 7) is 2.20. The number of benzene rings is 1. The van der Waals surface area contributed by atoms with E-state index in [1.54, 1.807) is 18.3 Å². The van der Waals surface area contributed by atoms with Crippen molar-refractivity contribution in [3.05, 3.63) is 64.1 Å². The summed E-state index contributed by atoms with van der Waals surface area (Å²) in [4.78, 5) is 19.2. The fraction of sp³-hybridized carbons (Fsp3) is 0.143. The number of fused-ring (bicyclic) bond motifs is 1. The zero-order chi connectivity index (χ0) is 13.4. The molecule has 0 saturated heterocycles. The standard InChI is InChI=1S/C14H12FN3O/c1-9-2-3-11(15)6-10(9)7-18-8-17-12-4-5-16-13(12)14(18)19/h2-6,8,16H,7H2,1H3. The lowest BCUT2D eigenvalue weighted by Gasteiger charge is -2.08. The number of rotatable bonds is 2. The Kier molecular flexibility index (Phi) is 2.67. The van der Waals surface area contributed by atoms with Crippen LogP contribution in [0.1, 0.15) is 11.1 Å². The second-order valence-corrected chi connectivity index (χ2v) is 4.49. The van der Waals surface area contributed by atoms with E-state index in [0.29, 0.717) is 17.6 Å². The van der Waals surface area contributed by atoms with Gasteiger partial charge in [0, 0.05) is 6.20 Å². The molecule has 2 aromatic heterocycles. The van der Waals surface area contributed by atoms with E-state index < -0.39 is 0 Å². The zero-order valence-electron chi connectivity index (χ0n) is 10.4. The number of halogens is 1. The molecule has 2 heterocycles. The smallest absolute Gasteiger partial charge is 0.277 e. The highest BCUT2D eigenvalue weighted by atomic mass is 19.1. The largest absolute Gasteiger partial charge is 0.355 e. The zero-order valence-corrected chi connectivity index (χ0v) is 10.4. The SMILES string of the molecule is Cc1ccc(F)cc1Cn1cnc2cc[nH]c2c1=O. The number of aromatic amines is 1. The molecule has 0 atom stereocenters. The average molecular weight is 257 g/mol. The highest BCUT2D eigenvalue weighted by Crippen LogP contribution is 2.11. The van der Waals surface area contributed by atoms with Crippen LogP contribution in [-0.4, -0.2) is 14.5 Å². The normalized spacial score (nSPS) is 11.1. The maximum atomic E-state index is 13.2. The summed E-state index contributed by atoms with van der Waals surface area (Å²) in [6.07, 6.45) is 3.17. The lowest BCUT2D eigenvalue weighted by atomic mass is 10.1. The van der Waals surface area contributed by atoms with E-state index in [2.05, 4.69) is 9.97 Å². The van der Waals surface area contributed by atoms with Gasteiger partial charge in [0.15, 0.2) is 0 Å². The molecule has 0 unspecified atom stereocenters. The van der Waals surface area contributed by atoms with Crippen LogP contribution in [0.15, 0.2) is 41.6 Å². The lowest BCUT2D eigenvalue weighted by Crippen LogP contribution is -2.21. The van der Waals surface area contributed by atoms with Crippen molar-refractivity contribution in [1.29, 1.82) is 0 Å². The van der Waals surface area contributed by atoms with Gasteiger partial charge in [-0.3, -0.25) is 9.36 Å². The third-order valence-corrected chi connectivity index (χ3v) is 3.19. The molecule has 0 bridgehead atoms. The molecule has 0 aliphatic rings. The maximum absolute atomic E-state index is 13.2. The van der Waals surface area contributed by atoms with Gasteiger partial charge in [-0.25, -0.2) is 9.37 Å². The molecule has 0 radical (unpaired) electrons. The number of aromatic nitrogens is 3. The van der Waals surface area contributed by atoms with E-state index in [4.69, 9.17) is 0 Å². The third-order valence-electron chi connectivity index (χ3n) is 3.19. The number of hydrogen-bond acceptors (Lipinski definition) is 2. The van der Waals surface area contributed by atoms with Crippen LogP contribution in [0, 0.1) is 12.7 Å². The van der Waals surface area contributed by atoms with Crippen LogP contribution >= 0.6 is 0 Å². The minimum Gasteiger partial charge on any atom is -0.355 e. The average Bonchev–Trinajstić information content (AvgIpc) is 2.86. The van der Waals surface area contributed by atoms with Crippen molar-refractivity contribution in [2.24, 2.45) is 0 Å². The van der Waals surface area contributed by atoms with Crippen molar-refractivity contribution in [3.63, 3.8) is 0 Å². The molecule has 0 fully saturated rings. The van der Waals surface area contributed by atoms with Crippen LogP contribution in [0.2, 0.25) is 0 Å². The Labute approximate surface area is 108 Å². The van der Waals surface area contributed by atoms with E-state index in [-0.39, 0.29) is 11.4 Å². The molecule has 0 amide bonds. The van der Waals surface area contributed by atoms with Gasteiger partial charge in [0.25, 0.3) is 5.56 Å². The summed E-state index contributed by atoms with van der Waals surface area (Å²) < 4.78 is 14.7. The molecule has 5 heteroatoms. The maximum Gasteiger partial charge on any atom is 0.277 e. The molecule has 4 nitrogen and oxygen atoms in total. The molecule has 0 saturated carbocycles. The number of nitrogens with zero attached hydrogens (tertiary/aromatic N) is 2. The van der Waals surface area contributed by atoms with Gasteiger partial charge >= 0.3 is 0 Å². The van der Waals surface area contributed by atoms with E-state index in [1.807, 2.05) is 6.92 Å². The summed E-state index contributed by atoms with van der Waals surface area (Å²) in [5.74, 6) is -0.303. The first kappa shape index (κ1) is 11.6. The monoisotopic (exact) mass is 257 g/mol. The predicted octanol–water partition coefficient (Wildman–Crippen LogP) is 2.22. The second-order valence-electron chi connectivity index (χ2n) is 4.49. The Morgan fingerprint density at radius 3 is 3.05 bits per heavy atom. The van der Waals surface area contributed by atoms with Crippen molar-refractivity contribution in [1.82, 2.24) is 14.5 Å². The lowest BCUT2D eigenvalue weighted by molar-refractivity contribution is 0.621. The van der Waals surface area contributed by atoms with Gasteiger partial charge < -0.3 is 4.98 Å². The topological polar surface area (TPSA) is 50.7 Å².